The van der Waals surface area contributed by atoms with Crippen molar-refractivity contribution in [2.45, 2.75) is 0 Å². The van der Waals surface area contributed by atoms with Crippen molar-refractivity contribution in [3.63, 3.8) is 0 Å². The van der Waals surface area contributed by atoms with Gasteiger partial charge < -0.3 is 10.0 Å². The van der Waals surface area contributed by atoms with Crippen LogP contribution >= 0.6 is 0 Å². The number of nitrogens with zero attached hydrogens (tertiary/aromatic N) is 4. The minimum atomic E-state index is -0.798. The van der Waals surface area contributed by atoms with Crippen LogP contribution in [0.3, 0.4) is 0 Å². The Kier molecular flexibility index (Phi) is 3.75. The fourth-order valence-electron chi connectivity index (χ4n) is 1.99. The average Bonchev–Trinajstić information content (AvgIpc) is 2.39. The smallest absolute Gasteiger partial charge is 0.317 e. The molecule has 0 spiro atoms. The van der Waals surface area contributed by atoms with Gasteiger partial charge in [0, 0.05) is 32.4 Å². The summed E-state index contributed by atoms with van der Waals surface area (Å²) in [7, 11) is 0. The summed E-state index contributed by atoms with van der Waals surface area (Å²) < 4.78 is 0. The van der Waals surface area contributed by atoms with Crippen molar-refractivity contribution in [2.24, 2.45) is 0 Å². The summed E-state index contributed by atoms with van der Waals surface area (Å²) in [5.41, 5.74) is 0.591. The number of hydrogen-bond donors (Lipinski definition) is 1. The number of carbonyl (C=O) groups is 1. The maximum atomic E-state index is 10.6. The van der Waals surface area contributed by atoms with Crippen molar-refractivity contribution in [3.05, 3.63) is 23.9 Å². The van der Waals surface area contributed by atoms with E-state index in [-0.39, 0.29) is 6.54 Å². The van der Waals surface area contributed by atoms with E-state index in [1.54, 1.807) is 18.3 Å². The fourth-order valence-corrected chi connectivity index (χ4v) is 1.99. The third-order valence-corrected chi connectivity index (χ3v) is 2.93. The number of carboxylic acid groups (broad SMARTS) is 1. The van der Waals surface area contributed by atoms with Crippen molar-refractivity contribution >= 4 is 11.8 Å². The summed E-state index contributed by atoms with van der Waals surface area (Å²) in [6, 6.07) is 5.51. The van der Waals surface area contributed by atoms with Gasteiger partial charge in [0.1, 0.15) is 5.82 Å². The molecule has 1 aliphatic rings. The summed E-state index contributed by atoms with van der Waals surface area (Å²) in [6.45, 7) is 2.94. The highest BCUT2D eigenvalue weighted by molar-refractivity contribution is 5.69. The van der Waals surface area contributed by atoms with Crippen molar-refractivity contribution < 1.29 is 9.90 Å². The number of aromatic nitrogens is 1. The maximum absolute atomic E-state index is 10.6. The van der Waals surface area contributed by atoms with Gasteiger partial charge in [-0.15, -0.1) is 0 Å². The van der Waals surface area contributed by atoms with Gasteiger partial charge in [0.05, 0.1) is 18.2 Å². The molecule has 0 amide bonds. The van der Waals surface area contributed by atoms with Gasteiger partial charge >= 0.3 is 5.97 Å². The van der Waals surface area contributed by atoms with E-state index in [0.717, 1.165) is 18.9 Å². The summed E-state index contributed by atoms with van der Waals surface area (Å²) >= 11 is 0. The van der Waals surface area contributed by atoms with E-state index >= 15 is 0 Å². The molecular weight excluding hydrogens is 232 g/mol. The van der Waals surface area contributed by atoms with Gasteiger partial charge in [-0.2, -0.15) is 5.26 Å². The Morgan fingerprint density at radius 2 is 2.17 bits per heavy atom. The highest BCUT2D eigenvalue weighted by atomic mass is 16.4. The molecule has 2 rings (SSSR count). The van der Waals surface area contributed by atoms with E-state index in [4.69, 9.17) is 10.4 Å². The topological polar surface area (TPSA) is 80.5 Å². The lowest BCUT2D eigenvalue weighted by Gasteiger charge is -2.34. The van der Waals surface area contributed by atoms with E-state index in [2.05, 4.69) is 16.0 Å². The number of rotatable bonds is 3. The van der Waals surface area contributed by atoms with Gasteiger partial charge in [-0.1, -0.05) is 0 Å². The summed E-state index contributed by atoms with van der Waals surface area (Å²) in [5.74, 6) is -0.0166. The number of pyridine rings is 1. The predicted octanol–water partition coefficient (Wildman–Crippen LogP) is 0.160. The van der Waals surface area contributed by atoms with Crippen LogP contribution in [0.4, 0.5) is 5.82 Å². The fraction of sp³-hybridized carbons (Fsp3) is 0.417. The SMILES string of the molecule is N#Cc1ccnc(N2CCN(CC(=O)O)CC2)c1. The third kappa shape index (κ3) is 2.96. The minimum Gasteiger partial charge on any atom is -0.480 e. The molecule has 0 saturated carbocycles. The zero-order valence-corrected chi connectivity index (χ0v) is 9.91. The standard InChI is InChI=1S/C12H14N4O2/c13-8-10-1-2-14-11(7-10)16-5-3-15(4-6-16)9-12(17)18/h1-2,7H,3-6,9H2,(H,17,18). The van der Waals surface area contributed by atoms with E-state index in [0.29, 0.717) is 18.7 Å². The number of nitriles is 1. The summed E-state index contributed by atoms with van der Waals surface area (Å²) in [4.78, 5) is 18.8. The molecule has 1 fully saturated rings. The molecule has 2 heterocycles. The Morgan fingerprint density at radius 3 is 2.78 bits per heavy atom. The van der Waals surface area contributed by atoms with Crippen LogP contribution in [-0.4, -0.2) is 53.7 Å². The normalized spacial score (nSPS) is 16.3. The lowest BCUT2D eigenvalue weighted by molar-refractivity contribution is -0.138. The van der Waals surface area contributed by atoms with Gasteiger partial charge in [-0.25, -0.2) is 4.98 Å². The lowest BCUT2D eigenvalue weighted by Crippen LogP contribution is -2.48. The molecular formula is C12H14N4O2. The first-order valence-electron chi connectivity index (χ1n) is 5.74. The van der Waals surface area contributed by atoms with Crippen molar-refractivity contribution in [1.29, 1.82) is 5.26 Å². The zero-order chi connectivity index (χ0) is 13.0. The van der Waals surface area contributed by atoms with Crippen LogP contribution < -0.4 is 4.90 Å². The van der Waals surface area contributed by atoms with Crippen LogP contribution in [0, 0.1) is 11.3 Å². The highest BCUT2D eigenvalue weighted by Gasteiger charge is 2.19. The van der Waals surface area contributed by atoms with Crippen LogP contribution in [-0.2, 0) is 4.79 Å². The lowest BCUT2D eigenvalue weighted by atomic mass is 10.2. The average molecular weight is 246 g/mol. The Hall–Kier alpha value is -2.13. The molecule has 94 valence electrons. The van der Waals surface area contributed by atoms with Crippen LogP contribution in [0.25, 0.3) is 0 Å². The van der Waals surface area contributed by atoms with Crippen molar-refractivity contribution in [2.75, 3.05) is 37.6 Å². The minimum absolute atomic E-state index is 0.0828. The molecule has 1 aromatic heterocycles. The molecule has 0 radical (unpaired) electrons. The molecule has 1 saturated heterocycles. The Morgan fingerprint density at radius 1 is 1.44 bits per heavy atom. The number of aliphatic carboxylic acids is 1. The largest absolute Gasteiger partial charge is 0.480 e. The number of anilines is 1. The molecule has 6 heteroatoms. The quantitative estimate of drug-likeness (QED) is 0.818. The monoisotopic (exact) mass is 246 g/mol. The third-order valence-electron chi connectivity index (χ3n) is 2.93. The van der Waals surface area contributed by atoms with Crippen LogP contribution in [0.2, 0.25) is 0 Å². The van der Waals surface area contributed by atoms with Crippen LogP contribution in [0.15, 0.2) is 18.3 Å². The van der Waals surface area contributed by atoms with Gasteiger partial charge in [0.25, 0.3) is 0 Å². The molecule has 1 N–H and O–H groups in total. The second kappa shape index (κ2) is 5.47. The van der Waals surface area contributed by atoms with Gasteiger partial charge in [-0.3, -0.25) is 9.69 Å². The molecule has 0 aliphatic carbocycles. The molecule has 0 unspecified atom stereocenters. The van der Waals surface area contributed by atoms with Gasteiger partial charge in [-0.05, 0) is 12.1 Å². The molecule has 0 bridgehead atoms. The molecule has 1 aromatic rings. The number of carboxylic acids is 1. The number of piperazine rings is 1. The zero-order valence-electron chi connectivity index (χ0n) is 9.91. The molecule has 18 heavy (non-hydrogen) atoms. The molecule has 6 nitrogen and oxygen atoms in total. The Labute approximate surface area is 105 Å². The molecule has 0 aromatic carbocycles. The summed E-state index contributed by atoms with van der Waals surface area (Å²) in [6.07, 6.45) is 1.62. The second-order valence-electron chi connectivity index (χ2n) is 4.17. The molecule has 1 aliphatic heterocycles. The highest BCUT2D eigenvalue weighted by Crippen LogP contribution is 2.14. The maximum Gasteiger partial charge on any atom is 0.317 e. The Bertz CT molecular complexity index is 475. The van der Waals surface area contributed by atoms with Crippen molar-refractivity contribution in [1.82, 2.24) is 9.88 Å². The van der Waals surface area contributed by atoms with E-state index < -0.39 is 5.97 Å². The number of hydrogen-bond acceptors (Lipinski definition) is 5. The summed E-state index contributed by atoms with van der Waals surface area (Å²) in [5, 5.41) is 17.5. The Balaban J connectivity index is 1.97. The second-order valence-corrected chi connectivity index (χ2v) is 4.17. The van der Waals surface area contributed by atoms with E-state index in [9.17, 15) is 4.79 Å². The van der Waals surface area contributed by atoms with Gasteiger partial charge in [0.15, 0.2) is 0 Å². The van der Waals surface area contributed by atoms with Crippen LogP contribution in [0.5, 0.6) is 0 Å². The first-order chi connectivity index (χ1) is 8.69. The van der Waals surface area contributed by atoms with E-state index in [1.165, 1.54) is 0 Å². The van der Waals surface area contributed by atoms with Gasteiger partial charge in [0.2, 0.25) is 0 Å². The van der Waals surface area contributed by atoms with Crippen molar-refractivity contribution in [3.8, 4) is 6.07 Å². The molecule has 0 atom stereocenters. The first kappa shape index (κ1) is 12.3. The van der Waals surface area contributed by atoms with E-state index in [1.807, 2.05) is 4.90 Å². The first-order valence-corrected chi connectivity index (χ1v) is 5.74. The predicted molar refractivity (Wildman–Crippen MR) is 65.2 cm³/mol. The van der Waals surface area contributed by atoms with Crippen LogP contribution in [0.1, 0.15) is 5.56 Å².